The number of ether oxygens (including phenoxy) is 1. The van der Waals surface area contributed by atoms with E-state index in [-0.39, 0.29) is 48.0 Å². The summed E-state index contributed by atoms with van der Waals surface area (Å²) < 4.78 is 5.58. The summed E-state index contributed by atoms with van der Waals surface area (Å²) in [5.41, 5.74) is -0.251. The number of aliphatic hydroxyl groups is 1. The Bertz CT molecular complexity index is 570. The van der Waals surface area contributed by atoms with E-state index >= 15 is 0 Å². The molecule has 0 aliphatic carbocycles. The lowest BCUT2D eigenvalue weighted by Gasteiger charge is -2.30. The van der Waals surface area contributed by atoms with Gasteiger partial charge in [-0.3, -0.25) is 0 Å². The molecule has 6 nitrogen and oxygen atoms in total. The summed E-state index contributed by atoms with van der Waals surface area (Å²) in [6.07, 6.45) is 13.2. The Morgan fingerprint density at radius 2 is 1.45 bits per heavy atom. The zero-order chi connectivity index (χ0) is 20.8. The van der Waals surface area contributed by atoms with Gasteiger partial charge in [0.2, 0.25) is 0 Å². The minimum atomic E-state index is -1.27. The summed E-state index contributed by atoms with van der Waals surface area (Å²) in [7, 11) is 0. The van der Waals surface area contributed by atoms with Gasteiger partial charge in [-0.2, -0.15) is 0 Å². The highest BCUT2D eigenvalue weighted by atomic mass is 35.5. The van der Waals surface area contributed by atoms with Crippen LogP contribution in [0.4, 0.5) is 0 Å². The Balaban J connectivity index is -0.00000261. The standard InChI is InChI=1S/C24H40O4.ClH.2H3N/c1-4-5-6-7-8-9-10-11-12-15-18-24(2,3)22(25)19-28-21-17-14-13-16-20(21)23(26)27;;;/h13-14,16-17,22,25H,4-12,15,18-19H2,1-3H3,(H,26,27);1H;2*1H3. The van der Waals surface area contributed by atoms with Crippen molar-refractivity contribution in [3.05, 3.63) is 29.8 Å². The highest BCUT2D eigenvalue weighted by Crippen LogP contribution is 2.29. The monoisotopic (exact) mass is 462 g/mol. The molecule has 1 aromatic rings. The number of unbranched alkanes of at least 4 members (excludes halogenated alkanes) is 9. The molecule has 0 aliphatic heterocycles. The van der Waals surface area contributed by atoms with E-state index in [0.29, 0.717) is 0 Å². The minimum absolute atomic E-state index is 0. The van der Waals surface area contributed by atoms with Crippen LogP contribution >= 0.6 is 0 Å². The van der Waals surface area contributed by atoms with Gasteiger partial charge in [0.05, 0.1) is 12.1 Å². The Kier molecular flexibility index (Phi) is 21.4. The number of carbonyl (C=O) groups is 1. The van der Waals surface area contributed by atoms with E-state index < -0.39 is 12.1 Å². The minimum Gasteiger partial charge on any atom is -1.00 e. The highest BCUT2D eigenvalue weighted by molar-refractivity contribution is 5.89. The van der Waals surface area contributed by atoms with Gasteiger partial charge in [0, 0.05) is 5.56 Å². The summed E-state index contributed by atoms with van der Waals surface area (Å²) in [5.74, 6) is -1.02. The second-order valence-electron chi connectivity index (χ2n) is 8.53. The molecule has 31 heavy (non-hydrogen) atoms. The Morgan fingerprint density at radius 3 is 1.97 bits per heavy atom. The first-order valence-electron chi connectivity index (χ1n) is 11.0. The van der Waals surface area contributed by atoms with E-state index in [0.717, 1.165) is 12.8 Å². The van der Waals surface area contributed by atoms with Gasteiger partial charge in [0.25, 0.3) is 0 Å². The van der Waals surface area contributed by atoms with Crippen molar-refractivity contribution in [2.24, 2.45) is 5.41 Å². The fourth-order valence-corrected chi connectivity index (χ4v) is 3.39. The van der Waals surface area contributed by atoms with E-state index in [2.05, 4.69) is 6.92 Å². The zero-order valence-electron chi connectivity index (χ0n) is 20.4. The summed E-state index contributed by atoms with van der Waals surface area (Å²) in [6, 6.07) is 6.38. The predicted molar refractivity (Wildman–Crippen MR) is 124 cm³/mol. The van der Waals surface area contributed by atoms with Gasteiger partial charge in [0.15, 0.2) is 0 Å². The summed E-state index contributed by atoms with van der Waals surface area (Å²) in [5, 5.41) is 21.6. The van der Waals surface area contributed by atoms with Crippen LogP contribution in [0.25, 0.3) is 0 Å². The molecule has 0 fully saturated rings. The molecule has 1 aromatic carbocycles. The van der Waals surface area contributed by atoms with Crippen LogP contribution in [0, 0.1) is 5.41 Å². The van der Waals surface area contributed by atoms with Crippen LogP contribution in [0.5, 0.6) is 5.75 Å². The number of carbonyl (C=O) groups excluding carboxylic acids is 1. The van der Waals surface area contributed by atoms with Crippen LogP contribution in [0.2, 0.25) is 0 Å². The molecule has 0 bridgehead atoms. The SMILES string of the molecule is CCCCCCCCCCCCC(C)(C)C(O)COc1ccccc1C(=O)[O-].[Cl-].[NH4+].[NH4+]. The lowest BCUT2D eigenvalue weighted by atomic mass is 9.81. The van der Waals surface area contributed by atoms with Crippen LogP contribution in [0.15, 0.2) is 24.3 Å². The Morgan fingerprint density at radius 1 is 0.968 bits per heavy atom. The largest absolute Gasteiger partial charge is 1.00 e. The van der Waals surface area contributed by atoms with Gasteiger partial charge >= 0.3 is 0 Å². The van der Waals surface area contributed by atoms with Crippen LogP contribution in [0.1, 0.15) is 102 Å². The van der Waals surface area contributed by atoms with E-state index in [1.54, 1.807) is 18.2 Å². The summed E-state index contributed by atoms with van der Waals surface area (Å²) in [4.78, 5) is 11.1. The zero-order valence-corrected chi connectivity index (χ0v) is 21.2. The second-order valence-corrected chi connectivity index (χ2v) is 8.53. The van der Waals surface area contributed by atoms with E-state index in [4.69, 9.17) is 4.74 Å². The van der Waals surface area contributed by atoms with Crippen molar-refractivity contribution in [3.63, 3.8) is 0 Å². The lowest BCUT2D eigenvalue weighted by Crippen LogP contribution is -3.00. The lowest BCUT2D eigenvalue weighted by molar-refractivity contribution is -0.255. The number of quaternary nitrogens is 2. The molecule has 0 aromatic heterocycles. The van der Waals surface area contributed by atoms with Gasteiger partial charge in [-0.15, -0.1) is 0 Å². The molecule has 1 rings (SSSR count). The normalized spacial score (nSPS) is 11.5. The second kappa shape index (κ2) is 19.4. The average Bonchev–Trinajstić information content (AvgIpc) is 2.67. The number of aliphatic hydroxyl groups excluding tert-OH is 1. The number of aromatic carboxylic acids is 1. The van der Waals surface area contributed by atoms with Crippen LogP contribution in [-0.2, 0) is 0 Å². The van der Waals surface area contributed by atoms with Gasteiger partial charge < -0.3 is 44.5 Å². The fourth-order valence-electron chi connectivity index (χ4n) is 3.39. The molecule has 0 heterocycles. The van der Waals surface area contributed by atoms with Crippen molar-refractivity contribution in [1.82, 2.24) is 12.3 Å². The van der Waals surface area contributed by atoms with Crippen molar-refractivity contribution in [2.75, 3.05) is 6.61 Å². The molecule has 1 atom stereocenters. The number of carboxylic acids is 1. The van der Waals surface area contributed by atoms with Crippen molar-refractivity contribution < 1.29 is 32.2 Å². The topological polar surface area (TPSA) is 143 Å². The molecule has 7 heteroatoms. The molecule has 0 radical (unpaired) electrons. The van der Waals surface area contributed by atoms with E-state index in [1.807, 2.05) is 13.8 Å². The molecule has 1 unspecified atom stereocenters. The number of carboxylic acid groups (broad SMARTS) is 1. The van der Waals surface area contributed by atoms with Crippen LogP contribution in [-0.4, -0.2) is 23.8 Å². The average molecular weight is 463 g/mol. The first-order valence-corrected chi connectivity index (χ1v) is 11.0. The van der Waals surface area contributed by atoms with Crippen LogP contribution in [0.3, 0.4) is 0 Å². The third-order valence-corrected chi connectivity index (χ3v) is 5.58. The molecule has 0 aliphatic rings. The number of para-hydroxylation sites is 1. The molecule has 0 amide bonds. The summed E-state index contributed by atoms with van der Waals surface area (Å²) >= 11 is 0. The number of benzene rings is 1. The van der Waals surface area contributed by atoms with Crippen molar-refractivity contribution in [2.45, 2.75) is 97.5 Å². The molecule has 0 saturated heterocycles. The Hall–Kier alpha value is -1.34. The number of halogens is 1. The fraction of sp³-hybridized carbons (Fsp3) is 0.708. The molecule has 9 N–H and O–H groups in total. The van der Waals surface area contributed by atoms with Crippen molar-refractivity contribution >= 4 is 5.97 Å². The first kappa shape index (κ1) is 34.3. The van der Waals surface area contributed by atoms with Crippen molar-refractivity contribution in [3.8, 4) is 5.75 Å². The van der Waals surface area contributed by atoms with E-state index in [9.17, 15) is 15.0 Å². The maximum atomic E-state index is 11.1. The molecular weight excluding hydrogens is 416 g/mol. The third-order valence-electron chi connectivity index (χ3n) is 5.58. The van der Waals surface area contributed by atoms with E-state index in [1.165, 1.54) is 63.9 Å². The van der Waals surface area contributed by atoms with Gasteiger partial charge in [0.1, 0.15) is 12.4 Å². The highest BCUT2D eigenvalue weighted by Gasteiger charge is 2.28. The number of hydrogen-bond donors (Lipinski definition) is 3. The van der Waals surface area contributed by atoms with Gasteiger partial charge in [-0.05, 0) is 24.0 Å². The Labute approximate surface area is 195 Å². The van der Waals surface area contributed by atoms with Crippen LogP contribution < -0.4 is 34.6 Å². The maximum absolute atomic E-state index is 11.1. The predicted octanol–water partition coefficient (Wildman–Crippen LogP) is 2.88. The van der Waals surface area contributed by atoms with Gasteiger partial charge in [-0.25, -0.2) is 0 Å². The molecular formula is C24H47ClN2O4. The maximum Gasteiger partial charge on any atom is 0.128 e. The molecule has 0 saturated carbocycles. The quantitative estimate of drug-likeness (QED) is 0.324. The number of hydrogen-bond acceptors (Lipinski definition) is 4. The molecule has 184 valence electrons. The third kappa shape index (κ3) is 14.4. The molecule has 0 spiro atoms. The smallest absolute Gasteiger partial charge is 0.128 e. The number of rotatable bonds is 16. The van der Waals surface area contributed by atoms with Crippen molar-refractivity contribution in [1.29, 1.82) is 0 Å². The summed E-state index contributed by atoms with van der Waals surface area (Å²) in [6.45, 7) is 6.41. The first-order chi connectivity index (χ1) is 13.4. The van der Waals surface area contributed by atoms with Gasteiger partial charge in [-0.1, -0.05) is 97.1 Å².